The summed E-state index contributed by atoms with van der Waals surface area (Å²) in [5, 5.41) is 0.641. The molecule has 0 aliphatic carbocycles. The van der Waals surface area contributed by atoms with Crippen LogP contribution in [0.1, 0.15) is 15.9 Å². The topological polar surface area (TPSA) is 26.3 Å². The van der Waals surface area contributed by atoms with Crippen molar-refractivity contribution in [3.05, 3.63) is 61.5 Å². The third kappa shape index (κ3) is 3.81. The molecule has 0 atom stereocenters. The van der Waals surface area contributed by atoms with E-state index in [0.29, 0.717) is 22.9 Å². The van der Waals surface area contributed by atoms with Crippen molar-refractivity contribution >= 4 is 49.7 Å². The van der Waals surface area contributed by atoms with E-state index < -0.39 is 0 Å². The molecule has 0 saturated heterocycles. The highest BCUT2D eigenvalue weighted by molar-refractivity contribution is 9.10. The van der Waals surface area contributed by atoms with Crippen LogP contribution in [0.5, 0.6) is 5.75 Å². The quantitative estimate of drug-likeness (QED) is 0.650. The van der Waals surface area contributed by atoms with E-state index in [1.807, 2.05) is 18.2 Å². The van der Waals surface area contributed by atoms with Crippen molar-refractivity contribution in [3.63, 3.8) is 0 Å². The van der Waals surface area contributed by atoms with Crippen LogP contribution in [0.2, 0.25) is 5.02 Å². The van der Waals surface area contributed by atoms with Crippen molar-refractivity contribution in [3.8, 4) is 5.75 Å². The molecule has 19 heavy (non-hydrogen) atoms. The van der Waals surface area contributed by atoms with Gasteiger partial charge in [0.2, 0.25) is 0 Å². The molecule has 0 bridgehead atoms. The van der Waals surface area contributed by atoms with Crippen molar-refractivity contribution in [1.82, 2.24) is 0 Å². The summed E-state index contributed by atoms with van der Waals surface area (Å²) in [4.78, 5) is 10.8. The van der Waals surface area contributed by atoms with Gasteiger partial charge in [-0.15, -0.1) is 0 Å². The molecule has 0 heterocycles. The molecule has 2 rings (SSSR count). The highest BCUT2D eigenvalue weighted by Gasteiger charge is 2.04. The van der Waals surface area contributed by atoms with Gasteiger partial charge >= 0.3 is 0 Å². The normalized spacial score (nSPS) is 10.3. The maximum absolute atomic E-state index is 10.8. The Morgan fingerprint density at radius 3 is 2.63 bits per heavy atom. The second-order valence-electron chi connectivity index (χ2n) is 3.83. The van der Waals surface area contributed by atoms with Gasteiger partial charge < -0.3 is 4.74 Å². The molecule has 0 aliphatic rings. The number of aldehydes is 1. The maximum Gasteiger partial charge on any atom is 0.151 e. The first-order chi connectivity index (χ1) is 9.10. The zero-order valence-corrected chi connectivity index (χ0v) is 13.6. The summed E-state index contributed by atoms with van der Waals surface area (Å²) >= 11 is 12.7. The molecule has 0 spiro atoms. The lowest BCUT2D eigenvalue weighted by atomic mass is 10.2. The molecule has 98 valence electrons. The molecule has 0 saturated carbocycles. The fourth-order valence-electron chi connectivity index (χ4n) is 1.50. The minimum Gasteiger partial charge on any atom is -0.489 e. The number of ether oxygens (including phenoxy) is 1. The first-order valence-electron chi connectivity index (χ1n) is 5.41. The molecule has 0 aromatic heterocycles. The first-order valence-corrected chi connectivity index (χ1v) is 7.38. The largest absolute Gasteiger partial charge is 0.489 e. The van der Waals surface area contributed by atoms with Crippen molar-refractivity contribution in [2.75, 3.05) is 0 Å². The van der Waals surface area contributed by atoms with Crippen LogP contribution in [0.4, 0.5) is 0 Å². The number of halogens is 3. The summed E-state index contributed by atoms with van der Waals surface area (Å²) in [6.45, 7) is 0.353. The molecular weight excluding hydrogens is 395 g/mol. The zero-order valence-electron chi connectivity index (χ0n) is 9.70. The molecule has 0 unspecified atom stereocenters. The minimum atomic E-state index is 0.353. The monoisotopic (exact) mass is 402 g/mol. The van der Waals surface area contributed by atoms with E-state index in [4.69, 9.17) is 16.3 Å². The first kappa shape index (κ1) is 14.6. The fourth-order valence-corrected chi connectivity index (χ4v) is 2.57. The van der Waals surface area contributed by atoms with Crippen molar-refractivity contribution in [2.45, 2.75) is 6.61 Å². The number of hydrogen-bond acceptors (Lipinski definition) is 2. The highest BCUT2D eigenvalue weighted by atomic mass is 79.9. The predicted molar refractivity (Wildman–Crippen MR) is 83.0 cm³/mol. The Kier molecular flexibility index (Phi) is 5.02. The number of rotatable bonds is 4. The van der Waals surface area contributed by atoms with Gasteiger partial charge in [-0.1, -0.05) is 49.5 Å². The van der Waals surface area contributed by atoms with E-state index in [1.54, 1.807) is 18.2 Å². The second-order valence-corrected chi connectivity index (χ2v) is 6.00. The highest BCUT2D eigenvalue weighted by Crippen LogP contribution is 2.25. The van der Waals surface area contributed by atoms with Gasteiger partial charge in [0.15, 0.2) is 6.29 Å². The molecule has 2 aromatic rings. The number of carbonyl (C=O) groups excluding carboxylic acids is 1. The average molecular weight is 404 g/mol. The fraction of sp³-hybridized carbons (Fsp3) is 0.0714. The van der Waals surface area contributed by atoms with E-state index in [9.17, 15) is 4.79 Å². The Balaban J connectivity index is 2.12. The molecule has 2 aromatic carbocycles. The number of benzene rings is 2. The van der Waals surface area contributed by atoms with Gasteiger partial charge in [-0.3, -0.25) is 4.79 Å². The van der Waals surface area contributed by atoms with Crippen molar-refractivity contribution in [2.24, 2.45) is 0 Å². The van der Waals surface area contributed by atoms with Gasteiger partial charge in [0.25, 0.3) is 0 Å². The summed E-state index contributed by atoms with van der Waals surface area (Å²) < 4.78 is 7.30. The Hall–Kier alpha value is -0.840. The minimum absolute atomic E-state index is 0.353. The van der Waals surface area contributed by atoms with Crippen molar-refractivity contribution in [1.29, 1.82) is 0 Å². The molecule has 0 aliphatic heterocycles. The van der Waals surface area contributed by atoms with Crippen LogP contribution in [0, 0.1) is 0 Å². The van der Waals surface area contributed by atoms with E-state index in [-0.39, 0.29) is 0 Å². The van der Waals surface area contributed by atoms with E-state index in [2.05, 4.69) is 31.9 Å². The average Bonchev–Trinajstić information content (AvgIpc) is 2.39. The van der Waals surface area contributed by atoms with Crippen LogP contribution in [-0.2, 0) is 6.61 Å². The maximum atomic E-state index is 10.8. The van der Waals surface area contributed by atoms with Gasteiger partial charge in [-0.25, -0.2) is 0 Å². The Morgan fingerprint density at radius 1 is 1.16 bits per heavy atom. The number of hydrogen-bond donors (Lipinski definition) is 0. The lowest BCUT2D eigenvalue weighted by molar-refractivity contribution is 0.112. The molecule has 0 fully saturated rings. The van der Waals surface area contributed by atoms with Gasteiger partial charge in [-0.2, -0.15) is 0 Å². The summed E-state index contributed by atoms with van der Waals surface area (Å²) in [5.41, 5.74) is 1.44. The third-order valence-electron chi connectivity index (χ3n) is 2.50. The van der Waals surface area contributed by atoms with Crippen molar-refractivity contribution < 1.29 is 9.53 Å². The van der Waals surface area contributed by atoms with Crippen LogP contribution in [0.25, 0.3) is 0 Å². The van der Waals surface area contributed by atoms with Gasteiger partial charge in [0.05, 0.1) is 0 Å². The van der Waals surface area contributed by atoms with Crippen LogP contribution in [0.3, 0.4) is 0 Å². The zero-order chi connectivity index (χ0) is 13.8. The summed E-state index contributed by atoms with van der Waals surface area (Å²) in [7, 11) is 0. The lowest BCUT2D eigenvalue weighted by Gasteiger charge is -2.09. The van der Waals surface area contributed by atoms with Gasteiger partial charge in [-0.05, 0) is 30.3 Å². The smallest absolute Gasteiger partial charge is 0.151 e. The molecule has 0 N–H and O–H groups in total. The van der Waals surface area contributed by atoms with E-state index >= 15 is 0 Å². The van der Waals surface area contributed by atoms with Crippen LogP contribution < -0.4 is 4.74 Å². The lowest BCUT2D eigenvalue weighted by Crippen LogP contribution is -1.97. The summed E-state index contributed by atoms with van der Waals surface area (Å²) in [6.07, 6.45) is 0.781. The summed E-state index contributed by atoms with van der Waals surface area (Å²) in [5.74, 6) is 0.629. The third-order valence-corrected chi connectivity index (χ3v) is 4.07. The van der Waals surface area contributed by atoms with Crippen LogP contribution >= 0.6 is 43.5 Å². The molecular formula is C14H9Br2ClO2. The van der Waals surface area contributed by atoms with Gasteiger partial charge in [0, 0.05) is 25.1 Å². The Labute approximate surface area is 133 Å². The Morgan fingerprint density at radius 2 is 1.95 bits per heavy atom. The van der Waals surface area contributed by atoms with Crippen LogP contribution in [-0.4, -0.2) is 6.29 Å². The van der Waals surface area contributed by atoms with E-state index in [0.717, 1.165) is 20.8 Å². The molecule has 2 nitrogen and oxygen atoms in total. The Bertz CT molecular complexity index is 614. The predicted octanol–water partition coefficient (Wildman–Crippen LogP) is 5.26. The van der Waals surface area contributed by atoms with Gasteiger partial charge in [0.1, 0.15) is 12.4 Å². The molecule has 0 amide bonds. The molecule has 5 heteroatoms. The summed E-state index contributed by atoms with van der Waals surface area (Å²) in [6, 6.07) is 10.9. The SMILES string of the molecule is O=Cc1cc(OCc2ccc(Br)cc2Cl)ccc1Br. The number of carbonyl (C=O) groups is 1. The van der Waals surface area contributed by atoms with Crippen LogP contribution in [0.15, 0.2) is 45.3 Å². The standard InChI is InChI=1S/C14H9Br2ClO2/c15-11-2-1-9(14(17)6-11)8-19-12-3-4-13(16)10(5-12)7-18/h1-7H,8H2. The second kappa shape index (κ2) is 6.55. The van der Waals surface area contributed by atoms with E-state index in [1.165, 1.54) is 0 Å². The molecule has 0 radical (unpaired) electrons.